The molecule has 0 aromatic rings. The Morgan fingerprint density at radius 1 is 0.947 bits per heavy atom. The molecule has 19 heavy (non-hydrogen) atoms. The molecular weight excluding hydrogens is 248 g/mol. The largest absolute Gasteiger partial charge is 0.393 e. The third-order valence-corrected chi connectivity index (χ3v) is 3.48. The second-order valence-corrected chi connectivity index (χ2v) is 5.21. The number of carbonyl (C=O) groups is 1. The second kappa shape index (κ2) is 8.64. The molecule has 0 aliphatic carbocycles. The fourth-order valence-corrected chi connectivity index (χ4v) is 2.00. The van der Waals surface area contributed by atoms with Crippen molar-refractivity contribution >= 4 is 5.78 Å². The molecule has 0 aliphatic heterocycles. The summed E-state index contributed by atoms with van der Waals surface area (Å²) in [5.41, 5.74) is -2.05. The van der Waals surface area contributed by atoms with Gasteiger partial charge in [-0.3, -0.25) is 4.79 Å². The molecule has 0 saturated heterocycles. The van der Waals surface area contributed by atoms with Crippen LogP contribution in [-0.4, -0.2) is 44.2 Å². The standard InChI is InChI=1S/C14H28O5/c1-3-5-6-7-8-9-10-13(17,11-15)12(16)14(18,19)4-2/h15,17-19H,3-11H2,1-2H3. The van der Waals surface area contributed by atoms with Crippen molar-refractivity contribution < 1.29 is 25.2 Å². The van der Waals surface area contributed by atoms with E-state index < -0.39 is 23.8 Å². The third kappa shape index (κ3) is 5.99. The van der Waals surface area contributed by atoms with E-state index in [0.717, 1.165) is 32.1 Å². The van der Waals surface area contributed by atoms with Crippen LogP contribution in [0.3, 0.4) is 0 Å². The average Bonchev–Trinajstić information content (AvgIpc) is 2.41. The first-order valence-electron chi connectivity index (χ1n) is 7.17. The molecule has 5 nitrogen and oxygen atoms in total. The predicted molar refractivity (Wildman–Crippen MR) is 72.5 cm³/mol. The topological polar surface area (TPSA) is 98.0 Å². The van der Waals surface area contributed by atoms with Gasteiger partial charge >= 0.3 is 0 Å². The van der Waals surface area contributed by atoms with E-state index in [2.05, 4.69) is 6.92 Å². The van der Waals surface area contributed by atoms with Gasteiger partial charge in [-0.05, 0) is 6.42 Å². The SMILES string of the molecule is CCCCCCCCC(O)(CO)C(=O)C(O)(O)CC. The van der Waals surface area contributed by atoms with Gasteiger partial charge in [0.1, 0.15) is 0 Å². The average molecular weight is 276 g/mol. The number of hydrogen-bond donors (Lipinski definition) is 4. The van der Waals surface area contributed by atoms with Crippen LogP contribution in [-0.2, 0) is 4.79 Å². The summed E-state index contributed by atoms with van der Waals surface area (Å²) in [6, 6.07) is 0. The molecule has 0 radical (unpaired) electrons. The predicted octanol–water partition coefficient (Wildman–Crippen LogP) is 1.12. The smallest absolute Gasteiger partial charge is 0.226 e. The van der Waals surface area contributed by atoms with Crippen LogP contribution < -0.4 is 0 Å². The maximum Gasteiger partial charge on any atom is 0.226 e. The minimum Gasteiger partial charge on any atom is -0.393 e. The van der Waals surface area contributed by atoms with Crippen LogP contribution in [0.15, 0.2) is 0 Å². The molecule has 0 aliphatic rings. The lowest BCUT2D eigenvalue weighted by atomic mass is 9.86. The number of Topliss-reactive ketones (excluding diaryl/α,β-unsaturated/α-hetero) is 1. The van der Waals surface area contributed by atoms with Gasteiger partial charge in [0, 0.05) is 6.42 Å². The Bertz CT molecular complexity index is 265. The highest BCUT2D eigenvalue weighted by atomic mass is 16.5. The second-order valence-electron chi connectivity index (χ2n) is 5.21. The van der Waals surface area contributed by atoms with E-state index in [4.69, 9.17) is 5.11 Å². The first-order valence-corrected chi connectivity index (χ1v) is 7.17. The van der Waals surface area contributed by atoms with Crippen LogP contribution in [0.5, 0.6) is 0 Å². The molecular formula is C14H28O5. The van der Waals surface area contributed by atoms with Crippen molar-refractivity contribution in [2.75, 3.05) is 6.61 Å². The maximum absolute atomic E-state index is 11.8. The molecule has 0 aromatic heterocycles. The van der Waals surface area contributed by atoms with E-state index in [1.54, 1.807) is 0 Å². The summed E-state index contributed by atoms with van der Waals surface area (Å²) in [7, 11) is 0. The van der Waals surface area contributed by atoms with Gasteiger partial charge in [0.2, 0.25) is 11.6 Å². The molecule has 0 amide bonds. The number of ketones is 1. The molecule has 5 heteroatoms. The van der Waals surface area contributed by atoms with Gasteiger partial charge in [-0.1, -0.05) is 52.4 Å². The number of rotatable bonds is 11. The Morgan fingerprint density at radius 3 is 1.95 bits per heavy atom. The van der Waals surface area contributed by atoms with E-state index in [0.29, 0.717) is 6.42 Å². The van der Waals surface area contributed by atoms with Gasteiger partial charge in [-0.25, -0.2) is 0 Å². The number of carbonyl (C=O) groups excluding carboxylic acids is 1. The molecule has 0 fully saturated rings. The molecule has 0 aromatic carbocycles. The summed E-state index contributed by atoms with van der Waals surface area (Å²) >= 11 is 0. The summed E-state index contributed by atoms with van der Waals surface area (Å²) < 4.78 is 0. The first-order chi connectivity index (χ1) is 8.84. The van der Waals surface area contributed by atoms with E-state index in [-0.39, 0.29) is 12.8 Å². The minimum absolute atomic E-state index is 0.0529. The molecule has 0 saturated carbocycles. The summed E-state index contributed by atoms with van der Waals surface area (Å²) in [5, 5.41) is 38.1. The molecule has 0 bridgehead atoms. The van der Waals surface area contributed by atoms with Crippen LogP contribution in [0.1, 0.15) is 65.2 Å². The van der Waals surface area contributed by atoms with Gasteiger partial charge in [0.15, 0.2) is 5.60 Å². The molecule has 0 spiro atoms. The van der Waals surface area contributed by atoms with Crippen molar-refractivity contribution in [3.05, 3.63) is 0 Å². The number of aliphatic hydroxyl groups excluding tert-OH is 1. The van der Waals surface area contributed by atoms with E-state index in [9.17, 15) is 20.1 Å². The van der Waals surface area contributed by atoms with Crippen molar-refractivity contribution in [1.29, 1.82) is 0 Å². The molecule has 114 valence electrons. The third-order valence-electron chi connectivity index (χ3n) is 3.48. The number of unbranched alkanes of at least 4 members (excludes halogenated alkanes) is 5. The summed E-state index contributed by atoms with van der Waals surface area (Å²) in [6.07, 6.45) is 5.70. The molecule has 1 atom stereocenters. The quantitative estimate of drug-likeness (QED) is 0.335. The van der Waals surface area contributed by atoms with Gasteiger partial charge in [-0.15, -0.1) is 0 Å². The van der Waals surface area contributed by atoms with Crippen molar-refractivity contribution in [3.8, 4) is 0 Å². The molecule has 4 N–H and O–H groups in total. The van der Waals surface area contributed by atoms with Crippen molar-refractivity contribution in [1.82, 2.24) is 0 Å². The van der Waals surface area contributed by atoms with Crippen LogP contribution in [0.4, 0.5) is 0 Å². The number of hydrogen-bond acceptors (Lipinski definition) is 5. The Labute approximate surface area is 115 Å². The van der Waals surface area contributed by atoms with Crippen LogP contribution in [0.25, 0.3) is 0 Å². The Kier molecular flexibility index (Phi) is 8.41. The Balaban J connectivity index is 4.26. The van der Waals surface area contributed by atoms with Gasteiger partial charge < -0.3 is 20.4 Å². The van der Waals surface area contributed by atoms with Gasteiger partial charge in [-0.2, -0.15) is 0 Å². The summed E-state index contributed by atoms with van der Waals surface area (Å²) in [4.78, 5) is 11.8. The Morgan fingerprint density at radius 2 is 1.47 bits per heavy atom. The summed E-state index contributed by atoms with van der Waals surface area (Å²) in [6.45, 7) is 2.76. The zero-order valence-corrected chi connectivity index (χ0v) is 12.1. The highest BCUT2D eigenvalue weighted by Gasteiger charge is 2.46. The first kappa shape index (κ1) is 18.5. The monoisotopic (exact) mass is 276 g/mol. The van der Waals surface area contributed by atoms with Crippen LogP contribution >= 0.6 is 0 Å². The lowest BCUT2D eigenvalue weighted by molar-refractivity contribution is -0.204. The zero-order valence-electron chi connectivity index (χ0n) is 12.1. The highest BCUT2D eigenvalue weighted by Crippen LogP contribution is 2.23. The fourth-order valence-electron chi connectivity index (χ4n) is 2.00. The van der Waals surface area contributed by atoms with Crippen molar-refractivity contribution in [3.63, 3.8) is 0 Å². The zero-order chi connectivity index (χ0) is 14.9. The normalized spacial score (nSPS) is 15.3. The van der Waals surface area contributed by atoms with E-state index >= 15 is 0 Å². The molecule has 0 rings (SSSR count). The maximum atomic E-state index is 11.8. The molecule has 0 heterocycles. The van der Waals surface area contributed by atoms with E-state index in [1.807, 2.05) is 0 Å². The lowest BCUT2D eigenvalue weighted by Gasteiger charge is -2.30. The van der Waals surface area contributed by atoms with Gasteiger partial charge in [0.25, 0.3) is 0 Å². The Hall–Kier alpha value is -0.490. The van der Waals surface area contributed by atoms with Crippen LogP contribution in [0.2, 0.25) is 0 Å². The minimum atomic E-state index is -2.57. The number of aliphatic hydroxyl groups is 4. The lowest BCUT2D eigenvalue weighted by Crippen LogP contribution is -2.54. The van der Waals surface area contributed by atoms with Crippen molar-refractivity contribution in [2.24, 2.45) is 0 Å². The fraction of sp³-hybridized carbons (Fsp3) is 0.929. The summed E-state index contributed by atoms with van der Waals surface area (Å²) in [5.74, 6) is -3.68. The van der Waals surface area contributed by atoms with Crippen LogP contribution in [0, 0.1) is 0 Å². The highest BCUT2D eigenvalue weighted by molar-refractivity contribution is 5.93. The van der Waals surface area contributed by atoms with E-state index in [1.165, 1.54) is 6.92 Å². The van der Waals surface area contributed by atoms with Gasteiger partial charge in [0.05, 0.1) is 6.61 Å². The molecule has 1 unspecified atom stereocenters. The van der Waals surface area contributed by atoms with Crippen molar-refractivity contribution in [2.45, 2.75) is 76.6 Å².